The number of rotatable bonds is 19. The predicted octanol–water partition coefficient (Wildman–Crippen LogP) is 4.81. The van der Waals surface area contributed by atoms with Gasteiger partial charge in [0.2, 0.25) is 0 Å². The molecule has 0 saturated carbocycles. The van der Waals surface area contributed by atoms with E-state index in [1.54, 1.807) is 0 Å². The summed E-state index contributed by atoms with van der Waals surface area (Å²) in [6, 6.07) is 0. The van der Waals surface area contributed by atoms with Crippen molar-refractivity contribution in [3.63, 3.8) is 0 Å². The van der Waals surface area contributed by atoms with Crippen LogP contribution in [0.1, 0.15) is 84.0 Å². The lowest BCUT2D eigenvalue weighted by Gasteiger charge is -2.12. The molecule has 0 aromatic heterocycles. The first-order chi connectivity index (χ1) is 13.8. The molecule has 3 N–H and O–H groups in total. The fraction of sp³-hybridized carbons (Fsp3) is 0.762. The molecule has 0 amide bonds. The monoisotopic (exact) mass is 434 g/mol. The fourth-order valence-corrected chi connectivity index (χ4v) is 2.94. The molecule has 0 bridgehead atoms. The van der Waals surface area contributed by atoms with E-state index in [1.165, 1.54) is 25.7 Å². The molecule has 0 aliphatic carbocycles. The highest BCUT2D eigenvalue weighted by Crippen LogP contribution is 2.35. The molecule has 0 fully saturated rings. The van der Waals surface area contributed by atoms with E-state index < -0.39 is 26.5 Å². The summed E-state index contributed by atoms with van der Waals surface area (Å²) in [6.45, 7) is 1.30. The topological polar surface area (TPSA) is 113 Å². The Balaban J connectivity index is 3.44. The number of hydrogen-bond donors (Lipinski definition) is 3. The Morgan fingerprint density at radius 2 is 1.48 bits per heavy atom. The van der Waals surface area contributed by atoms with Crippen molar-refractivity contribution in [2.45, 2.75) is 90.1 Å². The van der Waals surface area contributed by atoms with Gasteiger partial charge >= 0.3 is 13.8 Å². The molecule has 29 heavy (non-hydrogen) atoms. The van der Waals surface area contributed by atoms with Crippen LogP contribution >= 0.6 is 7.82 Å². The number of aliphatic hydroxyl groups excluding tert-OH is 1. The van der Waals surface area contributed by atoms with Crippen molar-refractivity contribution < 1.29 is 33.5 Å². The highest BCUT2D eigenvalue weighted by Gasteiger charge is 2.17. The van der Waals surface area contributed by atoms with E-state index in [0.29, 0.717) is 0 Å². The van der Waals surface area contributed by atoms with Crippen molar-refractivity contribution in [1.82, 2.24) is 0 Å². The van der Waals surface area contributed by atoms with Crippen LogP contribution in [0.4, 0.5) is 0 Å². The maximum Gasteiger partial charge on any atom is 0.469 e. The first-order valence-electron chi connectivity index (χ1n) is 10.7. The minimum Gasteiger partial charge on any atom is -0.463 e. The molecule has 7 nitrogen and oxygen atoms in total. The van der Waals surface area contributed by atoms with Crippen LogP contribution in [0, 0.1) is 0 Å². The van der Waals surface area contributed by atoms with Crippen molar-refractivity contribution in [3.8, 4) is 0 Å². The standard InChI is InChI=1S/C21H39O7P/c1-2-3-4-5-6-7-8-9-10-11-12-13-14-15-16-17-21(23)27-18-20(22)19-28-29(24,25)26/h6-7,9-10,20,22H,2-5,8,11-19H2,1H3,(H2,24,25,26). The molecule has 0 aromatic rings. The number of ether oxygens (including phenoxy) is 1. The Morgan fingerprint density at radius 1 is 0.897 bits per heavy atom. The minimum absolute atomic E-state index is 0.274. The maximum atomic E-state index is 11.5. The summed E-state index contributed by atoms with van der Waals surface area (Å²) in [6.07, 6.45) is 20.1. The average molecular weight is 435 g/mol. The molecule has 1 atom stereocenters. The second-order valence-corrected chi connectivity index (χ2v) is 8.34. The van der Waals surface area contributed by atoms with Crippen LogP contribution in [0.5, 0.6) is 0 Å². The van der Waals surface area contributed by atoms with E-state index >= 15 is 0 Å². The summed E-state index contributed by atoms with van der Waals surface area (Å²) in [7, 11) is -4.62. The Morgan fingerprint density at radius 3 is 2.10 bits per heavy atom. The van der Waals surface area contributed by atoms with E-state index in [-0.39, 0.29) is 13.0 Å². The van der Waals surface area contributed by atoms with Gasteiger partial charge < -0.3 is 19.6 Å². The zero-order valence-corrected chi connectivity index (χ0v) is 18.6. The lowest BCUT2D eigenvalue weighted by Crippen LogP contribution is -2.23. The molecule has 0 spiro atoms. The summed E-state index contributed by atoms with van der Waals surface area (Å²) in [4.78, 5) is 28.6. The summed E-state index contributed by atoms with van der Waals surface area (Å²) in [5, 5.41) is 9.41. The number of allylic oxidation sites excluding steroid dienone is 4. The van der Waals surface area contributed by atoms with Gasteiger partial charge in [-0.25, -0.2) is 4.57 Å². The van der Waals surface area contributed by atoms with Gasteiger partial charge in [-0.3, -0.25) is 9.32 Å². The quantitative estimate of drug-likeness (QED) is 0.116. The van der Waals surface area contributed by atoms with Gasteiger partial charge in [-0.1, -0.05) is 63.3 Å². The van der Waals surface area contributed by atoms with Crippen LogP contribution in [0.15, 0.2) is 24.3 Å². The zero-order valence-electron chi connectivity index (χ0n) is 17.7. The van der Waals surface area contributed by atoms with Crippen LogP contribution in [0.25, 0.3) is 0 Å². The van der Waals surface area contributed by atoms with Crippen molar-refractivity contribution in [2.75, 3.05) is 13.2 Å². The summed E-state index contributed by atoms with van der Waals surface area (Å²) in [5.41, 5.74) is 0. The Bertz CT molecular complexity index is 499. The number of aliphatic hydroxyl groups is 1. The third-order valence-corrected chi connectivity index (χ3v) is 4.69. The summed E-state index contributed by atoms with van der Waals surface area (Å²) >= 11 is 0. The molecular formula is C21H39O7P. The van der Waals surface area contributed by atoms with E-state index in [2.05, 4.69) is 35.8 Å². The molecular weight excluding hydrogens is 395 g/mol. The first-order valence-corrected chi connectivity index (χ1v) is 12.2. The van der Waals surface area contributed by atoms with E-state index in [1.807, 2.05) is 0 Å². The third kappa shape index (κ3) is 23.2. The number of phosphoric acid groups is 1. The van der Waals surface area contributed by atoms with Crippen molar-refractivity contribution in [2.24, 2.45) is 0 Å². The predicted molar refractivity (Wildman–Crippen MR) is 114 cm³/mol. The van der Waals surface area contributed by atoms with Gasteiger partial charge in [0, 0.05) is 6.42 Å². The zero-order chi connectivity index (χ0) is 21.8. The fourth-order valence-electron chi connectivity index (χ4n) is 2.57. The largest absolute Gasteiger partial charge is 0.469 e. The first kappa shape index (κ1) is 28.0. The van der Waals surface area contributed by atoms with Gasteiger partial charge in [-0.05, 0) is 38.5 Å². The van der Waals surface area contributed by atoms with E-state index in [9.17, 15) is 14.5 Å². The minimum atomic E-state index is -4.62. The molecule has 0 heterocycles. The van der Waals surface area contributed by atoms with Gasteiger partial charge in [-0.2, -0.15) is 0 Å². The Hall–Kier alpha value is -0.980. The third-order valence-electron chi connectivity index (χ3n) is 4.20. The molecule has 0 saturated heterocycles. The Labute approximate surface area is 175 Å². The van der Waals surface area contributed by atoms with Gasteiger partial charge in [-0.15, -0.1) is 0 Å². The SMILES string of the molecule is CCCCCC=CCC=CCCCCCCCC(=O)OCC(O)COP(=O)(O)O. The van der Waals surface area contributed by atoms with Crippen molar-refractivity contribution in [3.05, 3.63) is 24.3 Å². The van der Waals surface area contributed by atoms with Crippen LogP contribution in [-0.4, -0.2) is 40.2 Å². The lowest BCUT2D eigenvalue weighted by atomic mass is 10.1. The van der Waals surface area contributed by atoms with Crippen LogP contribution in [-0.2, 0) is 18.6 Å². The van der Waals surface area contributed by atoms with Crippen molar-refractivity contribution >= 4 is 13.8 Å². The summed E-state index contributed by atoms with van der Waals surface area (Å²) in [5.74, 6) is -0.425. The number of hydrogen-bond acceptors (Lipinski definition) is 5. The van der Waals surface area contributed by atoms with E-state index in [0.717, 1.165) is 44.9 Å². The van der Waals surface area contributed by atoms with Crippen LogP contribution in [0.3, 0.4) is 0 Å². The average Bonchev–Trinajstić information content (AvgIpc) is 2.67. The van der Waals surface area contributed by atoms with Gasteiger partial charge in [0.15, 0.2) is 0 Å². The number of phosphoric ester groups is 1. The molecule has 0 aliphatic heterocycles. The molecule has 8 heteroatoms. The number of carbonyl (C=O) groups is 1. The van der Waals surface area contributed by atoms with E-state index in [4.69, 9.17) is 14.5 Å². The molecule has 0 radical (unpaired) electrons. The lowest BCUT2D eigenvalue weighted by molar-refractivity contribution is -0.147. The molecule has 1 unspecified atom stereocenters. The molecule has 0 aromatic carbocycles. The van der Waals surface area contributed by atoms with Crippen molar-refractivity contribution in [1.29, 1.82) is 0 Å². The van der Waals surface area contributed by atoms with Gasteiger partial charge in [0.1, 0.15) is 12.7 Å². The number of carbonyl (C=O) groups excluding carboxylic acids is 1. The highest BCUT2D eigenvalue weighted by molar-refractivity contribution is 7.46. The van der Waals surface area contributed by atoms with Gasteiger partial charge in [0.05, 0.1) is 6.61 Å². The number of esters is 1. The molecule has 0 rings (SSSR count). The smallest absolute Gasteiger partial charge is 0.463 e. The second-order valence-electron chi connectivity index (χ2n) is 7.10. The van der Waals surface area contributed by atoms with Gasteiger partial charge in [0.25, 0.3) is 0 Å². The number of unbranched alkanes of at least 4 members (excludes halogenated alkanes) is 8. The Kier molecular flexibility index (Phi) is 18.4. The molecule has 0 aliphatic rings. The maximum absolute atomic E-state index is 11.5. The summed E-state index contributed by atoms with van der Waals surface area (Å²) < 4.78 is 19.5. The van der Waals surface area contributed by atoms with Crippen LogP contribution < -0.4 is 0 Å². The molecule has 170 valence electrons. The highest BCUT2D eigenvalue weighted by atomic mass is 31.2. The van der Waals surface area contributed by atoms with Crippen LogP contribution in [0.2, 0.25) is 0 Å². The normalized spacial score (nSPS) is 13.4. The second kappa shape index (κ2) is 19.0.